The molecule has 36 heavy (non-hydrogen) atoms. The monoisotopic (exact) mass is 489 g/mol. The molecule has 3 heterocycles. The van der Waals surface area contributed by atoms with Crippen LogP contribution in [0, 0.1) is 6.92 Å². The highest BCUT2D eigenvalue weighted by atomic mass is 16.6. The van der Waals surface area contributed by atoms with E-state index in [0.717, 1.165) is 41.3 Å². The topological polar surface area (TPSA) is 65.9 Å². The number of benzene rings is 1. The Hall–Kier alpha value is -3.10. The number of aryl methyl sites for hydroxylation is 1. The van der Waals surface area contributed by atoms with E-state index in [2.05, 4.69) is 64.3 Å². The first-order valence-corrected chi connectivity index (χ1v) is 12.5. The Balaban J connectivity index is 1.37. The molecular weight excluding hydrogens is 454 g/mol. The molecule has 2 aromatic heterocycles. The zero-order chi connectivity index (χ0) is 24.8. The summed E-state index contributed by atoms with van der Waals surface area (Å²) in [6.45, 7) is 8.45. The van der Waals surface area contributed by atoms with Crippen molar-refractivity contribution < 1.29 is 18.9 Å². The Morgan fingerprint density at radius 1 is 0.611 bits per heavy atom. The molecule has 0 amide bonds. The molecule has 190 valence electrons. The molecule has 7 heteroatoms. The molecule has 0 aliphatic carbocycles. The quantitative estimate of drug-likeness (QED) is 0.534. The molecule has 1 aliphatic rings. The molecule has 0 radical (unpaired) electrons. The van der Waals surface area contributed by atoms with Crippen LogP contribution in [0.4, 0.5) is 5.69 Å². The molecule has 7 nitrogen and oxygen atoms in total. The summed E-state index contributed by atoms with van der Waals surface area (Å²) in [5.74, 6) is 0. The van der Waals surface area contributed by atoms with Crippen molar-refractivity contribution in [3.63, 3.8) is 0 Å². The molecule has 1 fully saturated rings. The van der Waals surface area contributed by atoms with Gasteiger partial charge in [0.2, 0.25) is 0 Å². The van der Waals surface area contributed by atoms with E-state index < -0.39 is 0 Å². The second-order valence-electron chi connectivity index (χ2n) is 8.55. The van der Waals surface area contributed by atoms with E-state index in [-0.39, 0.29) is 0 Å². The minimum absolute atomic E-state index is 0.585. The van der Waals surface area contributed by atoms with Crippen LogP contribution in [0.15, 0.2) is 60.9 Å². The minimum atomic E-state index is 0.585. The van der Waals surface area contributed by atoms with Gasteiger partial charge in [0.25, 0.3) is 0 Å². The van der Waals surface area contributed by atoms with Crippen molar-refractivity contribution in [2.45, 2.75) is 6.92 Å². The molecule has 0 unspecified atom stereocenters. The summed E-state index contributed by atoms with van der Waals surface area (Å²) in [4.78, 5) is 11.2. The van der Waals surface area contributed by atoms with E-state index in [0.29, 0.717) is 52.9 Å². The smallest absolute Gasteiger partial charge is 0.0892 e. The maximum atomic E-state index is 5.75. The molecule has 0 bridgehead atoms. The predicted molar refractivity (Wildman–Crippen MR) is 143 cm³/mol. The zero-order valence-corrected chi connectivity index (χ0v) is 21.0. The number of hydrogen-bond acceptors (Lipinski definition) is 7. The summed E-state index contributed by atoms with van der Waals surface area (Å²) in [6.07, 6.45) is 7.86. The minimum Gasteiger partial charge on any atom is -0.377 e. The third kappa shape index (κ3) is 8.53. The van der Waals surface area contributed by atoms with Crippen molar-refractivity contribution in [1.29, 1.82) is 0 Å². The number of nitrogens with zero attached hydrogens (tertiary/aromatic N) is 3. The molecule has 4 rings (SSSR count). The van der Waals surface area contributed by atoms with Crippen molar-refractivity contribution in [3.05, 3.63) is 77.6 Å². The van der Waals surface area contributed by atoms with Gasteiger partial charge in [0, 0.05) is 31.2 Å². The zero-order valence-electron chi connectivity index (χ0n) is 21.0. The van der Waals surface area contributed by atoms with Gasteiger partial charge >= 0.3 is 0 Å². The normalized spacial score (nSPS) is 17.0. The van der Waals surface area contributed by atoms with Gasteiger partial charge < -0.3 is 23.8 Å². The van der Waals surface area contributed by atoms with Gasteiger partial charge in [-0.1, -0.05) is 24.3 Å². The first-order chi connectivity index (χ1) is 17.8. The number of hydrogen-bond donors (Lipinski definition) is 0. The first kappa shape index (κ1) is 26.0. The maximum Gasteiger partial charge on any atom is 0.0892 e. The Bertz CT molecular complexity index is 1070. The van der Waals surface area contributed by atoms with Crippen molar-refractivity contribution >= 4 is 17.8 Å². The first-order valence-electron chi connectivity index (χ1n) is 12.5. The summed E-state index contributed by atoms with van der Waals surface area (Å²) >= 11 is 0. The maximum absolute atomic E-state index is 5.75. The van der Waals surface area contributed by atoms with Gasteiger partial charge in [0.1, 0.15) is 0 Å². The SMILES string of the molecule is Cc1ccnc(-c2cc(/C=C/c3ccc(N4CCOCCOCCOCCOCC4)cc3)ccn2)c1. The van der Waals surface area contributed by atoms with Crippen LogP contribution >= 0.6 is 0 Å². The fourth-order valence-electron chi connectivity index (χ4n) is 3.84. The Morgan fingerprint density at radius 3 is 1.75 bits per heavy atom. The van der Waals surface area contributed by atoms with Gasteiger partial charge in [-0.2, -0.15) is 0 Å². The van der Waals surface area contributed by atoms with E-state index >= 15 is 0 Å². The lowest BCUT2D eigenvalue weighted by Gasteiger charge is -2.25. The molecule has 0 spiro atoms. The van der Waals surface area contributed by atoms with Gasteiger partial charge in [-0.3, -0.25) is 9.97 Å². The summed E-state index contributed by atoms with van der Waals surface area (Å²) in [5.41, 5.74) is 6.29. The molecule has 1 aliphatic heterocycles. The lowest BCUT2D eigenvalue weighted by atomic mass is 10.1. The highest BCUT2D eigenvalue weighted by Crippen LogP contribution is 2.19. The average Bonchev–Trinajstić information content (AvgIpc) is 2.92. The van der Waals surface area contributed by atoms with Crippen LogP contribution in [0.25, 0.3) is 23.5 Å². The number of pyridine rings is 2. The van der Waals surface area contributed by atoms with Gasteiger partial charge in [-0.05, 0) is 60.0 Å². The van der Waals surface area contributed by atoms with Crippen LogP contribution in [0.1, 0.15) is 16.7 Å². The standard InChI is InChI=1S/C29H35N3O4/c1-24-8-10-30-28(22-24)29-23-26(9-11-31-29)3-2-25-4-6-27(7-5-25)32-12-14-33-16-18-35-20-21-36-19-17-34-15-13-32/h2-11,22-23H,12-21H2,1H3/b3-2+. The van der Waals surface area contributed by atoms with Crippen LogP contribution in [-0.2, 0) is 18.9 Å². The van der Waals surface area contributed by atoms with Crippen LogP contribution in [0.5, 0.6) is 0 Å². The number of aromatic nitrogens is 2. The lowest BCUT2D eigenvalue weighted by molar-refractivity contribution is 0.00206. The van der Waals surface area contributed by atoms with Crippen LogP contribution < -0.4 is 4.90 Å². The van der Waals surface area contributed by atoms with E-state index in [1.807, 2.05) is 30.6 Å². The van der Waals surface area contributed by atoms with Gasteiger partial charge in [-0.15, -0.1) is 0 Å². The van der Waals surface area contributed by atoms with Crippen molar-refractivity contribution in [3.8, 4) is 11.4 Å². The van der Waals surface area contributed by atoms with Crippen molar-refractivity contribution in [2.75, 3.05) is 70.8 Å². The molecular formula is C29H35N3O4. The Kier molecular flexibility index (Phi) is 10.4. The molecule has 0 saturated carbocycles. The predicted octanol–water partition coefficient (Wildman–Crippen LogP) is 4.51. The van der Waals surface area contributed by atoms with Gasteiger partial charge in [0.15, 0.2) is 0 Å². The van der Waals surface area contributed by atoms with E-state index in [4.69, 9.17) is 18.9 Å². The van der Waals surface area contributed by atoms with E-state index in [1.165, 1.54) is 5.56 Å². The highest BCUT2D eigenvalue weighted by Gasteiger charge is 2.08. The lowest BCUT2D eigenvalue weighted by Crippen LogP contribution is -2.31. The molecule has 0 N–H and O–H groups in total. The third-order valence-electron chi connectivity index (χ3n) is 5.82. The second kappa shape index (κ2) is 14.5. The van der Waals surface area contributed by atoms with Crippen molar-refractivity contribution in [2.24, 2.45) is 0 Å². The fraction of sp³-hybridized carbons (Fsp3) is 0.379. The number of rotatable bonds is 4. The average molecular weight is 490 g/mol. The summed E-state index contributed by atoms with van der Waals surface area (Å²) in [5, 5.41) is 0. The van der Waals surface area contributed by atoms with Gasteiger partial charge in [0.05, 0.1) is 64.2 Å². The third-order valence-corrected chi connectivity index (χ3v) is 5.82. The van der Waals surface area contributed by atoms with Crippen molar-refractivity contribution in [1.82, 2.24) is 9.97 Å². The number of anilines is 1. The second-order valence-corrected chi connectivity index (χ2v) is 8.55. The fourth-order valence-corrected chi connectivity index (χ4v) is 3.84. The van der Waals surface area contributed by atoms with E-state index in [1.54, 1.807) is 0 Å². The summed E-state index contributed by atoms with van der Waals surface area (Å²) in [6, 6.07) is 16.7. The number of ether oxygens (including phenoxy) is 4. The molecule has 3 aromatic rings. The van der Waals surface area contributed by atoms with E-state index in [9.17, 15) is 0 Å². The molecule has 1 saturated heterocycles. The van der Waals surface area contributed by atoms with Crippen LogP contribution in [0.3, 0.4) is 0 Å². The summed E-state index contributed by atoms with van der Waals surface area (Å²) < 4.78 is 22.5. The van der Waals surface area contributed by atoms with Gasteiger partial charge in [-0.25, -0.2) is 0 Å². The highest BCUT2D eigenvalue weighted by molar-refractivity contribution is 5.72. The Labute approximate surface area is 213 Å². The molecule has 1 aromatic carbocycles. The summed E-state index contributed by atoms with van der Waals surface area (Å²) in [7, 11) is 0. The van der Waals surface area contributed by atoms with Crippen LogP contribution in [-0.4, -0.2) is 75.9 Å². The largest absolute Gasteiger partial charge is 0.377 e. The van der Waals surface area contributed by atoms with Crippen LogP contribution in [0.2, 0.25) is 0 Å². The Morgan fingerprint density at radius 2 is 1.14 bits per heavy atom. The molecule has 0 atom stereocenters.